The van der Waals surface area contributed by atoms with E-state index in [0.29, 0.717) is 5.92 Å². The first kappa shape index (κ1) is 10.7. The molecular weight excluding hydrogens is 186 g/mol. The SMILES string of the molecule is CC(C)CN1Cc2cccc(CO)c2C1. The summed E-state index contributed by atoms with van der Waals surface area (Å²) in [6.45, 7) is 7.84. The Hall–Kier alpha value is -0.860. The molecule has 2 rings (SSSR count). The van der Waals surface area contributed by atoms with Gasteiger partial charge in [-0.25, -0.2) is 0 Å². The van der Waals surface area contributed by atoms with E-state index in [-0.39, 0.29) is 6.61 Å². The maximum absolute atomic E-state index is 9.25. The molecule has 0 unspecified atom stereocenters. The van der Waals surface area contributed by atoms with E-state index in [2.05, 4.69) is 24.8 Å². The summed E-state index contributed by atoms with van der Waals surface area (Å²) in [6, 6.07) is 6.25. The number of aliphatic hydroxyl groups is 1. The predicted molar refractivity (Wildman–Crippen MR) is 61.3 cm³/mol. The van der Waals surface area contributed by atoms with Crippen LogP contribution in [-0.4, -0.2) is 16.6 Å². The molecule has 2 heteroatoms. The Balaban J connectivity index is 2.16. The van der Waals surface area contributed by atoms with Gasteiger partial charge < -0.3 is 5.11 Å². The molecule has 2 nitrogen and oxygen atoms in total. The Morgan fingerprint density at radius 1 is 1.33 bits per heavy atom. The van der Waals surface area contributed by atoms with Gasteiger partial charge in [-0.3, -0.25) is 4.90 Å². The summed E-state index contributed by atoms with van der Waals surface area (Å²) in [5, 5.41) is 9.25. The number of nitrogens with zero attached hydrogens (tertiary/aromatic N) is 1. The molecule has 1 aromatic rings. The molecule has 0 aromatic heterocycles. The molecule has 0 amide bonds. The molecule has 0 aliphatic carbocycles. The average Bonchev–Trinajstić information content (AvgIpc) is 2.58. The van der Waals surface area contributed by atoms with Crippen molar-refractivity contribution in [3.05, 3.63) is 34.9 Å². The van der Waals surface area contributed by atoms with E-state index >= 15 is 0 Å². The van der Waals surface area contributed by atoms with Gasteiger partial charge in [0.15, 0.2) is 0 Å². The summed E-state index contributed by atoms with van der Waals surface area (Å²) >= 11 is 0. The smallest absolute Gasteiger partial charge is 0.0685 e. The third-order valence-electron chi connectivity index (χ3n) is 2.94. The quantitative estimate of drug-likeness (QED) is 0.817. The van der Waals surface area contributed by atoms with Crippen LogP contribution in [0, 0.1) is 5.92 Å². The minimum absolute atomic E-state index is 0.165. The predicted octanol–water partition coefficient (Wildman–Crippen LogP) is 2.15. The second-order valence-electron chi connectivity index (χ2n) is 4.78. The van der Waals surface area contributed by atoms with Crippen molar-refractivity contribution < 1.29 is 5.11 Å². The minimum atomic E-state index is 0.165. The van der Waals surface area contributed by atoms with E-state index in [0.717, 1.165) is 25.2 Å². The van der Waals surface area contributed by atoms with Gasteiger partial charge in [0.1, 0.15) is 0 Å². The molecular formula is C13H19NO. The van der Waals surface area contributed by atoms with E-state index in [9.17, 15) is 5.11 Å². The molecule has 1 aromatic carbocycles. The van der Waals surface area contributed by atoms with E-state index in [4.69, 9.17) is 0 Å². The number of hydrogen-bond donors (Lipinski definition) is 1. The third-order valence-corrected chi connectivity index (χ3v) is 2.94. The maximum atomic E-state index is 9.25. The van der Waals surface area contributed by atoms with Crippen molar-refractivity contribution >= 4 is 0 Å². The summed E-state index contributed by atoms with van der Waals surface area (Å²) in [5.74, 6) is 0.705. The summed E-state index contributed by atoms with van der Waals surface area (Å²) < 4.78 is 0. The lowest BCUT2D eigenvalue weighted by atomic mass is 10.0. The molecule has 1 heterocycles. The summed E-state index contributed by atoms with van der Waals surface area (Å²) in [7, 11) is 0. The Morgan fingerprint density at radius 3 is 2.80 bits per heavy atom. The van der Waals surface area contributed by atoms with Gasteiger partial charge in [0, 0.05) is 19.6 Å². The van der Waals surface area contributed by atoms with Crippen molar-refractivity contribution in [1.82, 2.24) is 4.90 Å². The first-order chi connectivity index (χ1) is 7.20. The molecule has 0 spiro atoms. The Bertz CT molecular complexity index is 346. The van der Waals surface area contributed by atoms with Crippen LogP contribution in [0.4, 0.5) is 0 Å². The van der Waals surface area contributed by atoms with Crippen LogP contribution >= 0.6 is 0 Å². The largest absolute Gasteiger partial charge is 0.392 e. The van der Waals surface area contributed by atoms with E-state index in [1.807, 2.05) is 12.1 Å². The Morgan fingerprint density at radius 2 is 2.13 bits per heavy atom. The van der Waals surface area contributed by atoms with Crippen LogP contribution in [0.5, 0.6) is 0 Å². The second-order valence-corrected chi connectivity index (χ2v) is 4.78. The fourth-order valence-corrected chi connectivity index (χ4v) is 2.35. The number of rotatable bonds is 3. The number of benzene rings is 1. The van der Waals surface area contributed by atoms with Crippen molar-refractivity contribution in [1.29, 1.82) is 0 Å². The molecule has 0 saturated heterocycles. The lowest BCUT2D eigenvalue weighted by molar-refractivity contribution is 0.248. The van der Waals surface area contributed by atoms with Crippen LogP contribution in [0.3, 0.4) is 0 Å². The van der Waals surface area contributed by atoms with Crippen LogP contribution < -0.4 is 0 Å². The lowest BCUT2D eigenvalue weighted by Crippen LogP contribution is -2.21. The van der Waals surface area contributed by atoms with Gasteiger partial charge in [-0.15, -0.1) is 0 Å². The van der Waals surface area contributed by atoms with Crippen LogP contribution in [0.2, 0.25) is 0 Å². The minimum Gasteiger partial charge on any atom is -0.392 e. The van der Waals surface area contributed by atoms with Crippen molar-refractivity contribution in [2.45, 2.75) is 33.5 Å². The number of aliphatic hydroxyl groups excluding tert-OH is 1. The van der Waals surface area contributed by atoms with E-state index in [1.54, 1.807) is 0 Å². The molecule has 1 aliphatic heterocycles. The zero-order valence-corrected chi connectivity index (χ0v) is 9.53. The highest BCUT2D eigenvalue weighted by atomic mass is 16.3. The summed E-state index contributed by atoms with van der Waals surface area (Å²) in [6.07, 6.45) is 0. The molecule has 82 valence electrons. The molecule has 1 aliphatic rings. The standard InChI is InChI=1S/C13H19NO/c1-10(2)6-14-7-11-4-3-5-12(9-15)13(11)8-14/h3-5,10,15H,6-9H2,1-2H3. The monoisotopic (exact) mass is 205 g/mol. The lowest BCUT2D eigenvalue weighted by Gasteiger charge is -2.17. The van der Waals surface area contributed by atoms with Crippen LogP contribution in [0.1, 0.15) is 30.5 Å². The van der Waals surface area contributed by atoms with E-state index in [1.165, 1.54) is 11.1 Å². The van der Waals surface area contributed by atoms with Gasteiger partial charge in [0.25, 0.3) is 0 Å². The van der Waals surface area contributed by atoms with Gasteiger partial charge in [-0.1, -0.05) is 32.0 Å². The highest BCUT2D eigenvalue weighted by molar-refractivity contribution is 5.37. The van der Waals surface area contributed by atoms with E-state index < -0.39 is 0 Å². The van der Waals surface area contributed by atoms with Gasteiger partial charge in [-0.2, -0.15) is 0 Å². The summed E-state index contributed by atoms with van der Waals surface area (Å²) in [4.78, 5) is 2.45. The van der Waals surface area contributed by atoms with Gasteiger partial charge in [-0.05, 0) is 22.6 Å². The van der Waals surface area contributed by atoms with Crippen molar-refractivity contribution in [2.75, 3.05) is 6.54 Å². The first-order valence-corrected chi connectivity index (χ1v) is 5.63. The van der Waals surface area contributed by atoms with Crippen molar-refractivity contribution in [3.63, 3.8) is 0 Å². The van der Waals surface area contributed by atoms with Crippen molar-refractivity contribution in [3.8, 4) is 0 Å². The van der Waals surface area contributed by atoms with Crippen LogP contribution in [0.15, 0.2) is 18.2 Å². The number of hydrogen-bond acceptors (Lipinski definition) is 2. The fraction of sp³-hybridized carbons (Fsp3) is 0.538. The van der Waals surface area contributed by atoms with Crippen molar-refractivity contribution in [2.24, 2.45) is 5.92 Å². The molecule has 15 heavy (non-hydrogen) atoms. The average molecular weight is 205 g/mol. The van der Waals surface area contributed by atoms with Crippen LogP contribution in [-0.2, 0) is 19.7 Å². The highest BCUT2D eigenvalue weighted by Gasteiger charge is 2.21. The zero-order valence-electron chi connectivity index (χ0n) is 9.53. The molecule has 0 bridgehead atoms. The third kappa shape index (κ3) is 2.21. The van der Waals surface area contributed by atoms with Crippen LogP contribution in [0.25, 0.3) is 0 Å². The molecule has 0 atom stereocenters. The maximum Gasteiger partial charge on any atom is 0.0685 e. The molecule has 1 N–H and O–H groups in total. The first-order valence-electron chi connectivity index (χ1n) is 5.63. The molecule has 0 fully saturated rings. The Labute approximate surface area is 91.5 Å². The topological polar surface area (TPSA) is 23.5 Å². The fourth-order valence-electron chi connectivity index (χ4n) is 2.35. The second kappa shape index (κ2) is 4.33. The molecule has 0 saturated carbocycles. The van der Waals surface area contributed by atoms with Gasteiger partial charge >= 0.3 is 0 Å². The number of fused-ring (bicyclic) bond motifs is 1. The Kier molecular flexibility index (Phi) is 3.08. The summed E-state index contributed by atoms with van der Waals surface area (Å²) in [5.41, 5.74) is 3.83. The normalized spacial score (nSPS) is 16.0. The van der Waals surface area contributed by atoms with Gasteiger partial charge in [0.05, 0.1) is 6.61 Å². The van der Waals surface area contributed by atoms with Gasteiger partial charge in [0.2, 0.25) is 0 Å². The zero-order chi connectivity index (χ0) is 10.8. The highest BCUT2D eigenvalue weighted by Crippen LogP contribution is 2.26. The molecule has 0 radical (unpaired) electrons.